The van der Waals surface area contributed by atoms with Gasteiger partial charge in [-0.25, -0.2) is 4.98 Å². The Bertz CT molecular complexity index is 713. The van der Waals surface area contributed by atoms with E-state index in [4.69, 9.17) is 10.2 Å². The largest absolute Gasteiger partial charge is 0.441 e. The van der Waals surface area contributed by atoms with Crippen LogP contribution in [0.5, 0.6) is 0 Å². The van der Waals surface area contributed by atoms with E-state index in [0.29, 0.717) is 12.3 Å². The molecule has 1 unspecified atom stereocenters. The van der Waals surface area contributed by atoms with E-state index in [1.54, 1.807) is 0 Å². The Morgan fingerprint density at radius 2 is 1.95 bits per heavy atom. The fourth-order valence-corrected chi connectivity index (χ4v) is 2.55. The van der Waals surface area contributed by atoms with Crippen LogP contribution in [0.1, 0.15) is 28.6 Å². The van der Waals surface area contributed by atoms with Gasteiger partial charge in [-0.05, 0) is 37.1 Å². The number of oxazole rings is 1. The van der Waals surface area contributed by atoms with E-state index >= 15 is 0 Å². The zero-order chi connectivity index (χ0) is 14.1. The smallest absolute Gasteiger partial charge is 0.197 e. The molecule has 1 atom stereocenters. The Labute approximate surface area is 118 Å². The number of aromatic nitrogens is 1. The first-order valence-corrected chi connectivity index (χ1v) is 6.80. The van der Waals surface area contributed by atoms with Crippen LogP contribution in [0.3, 0.4) is 0 Å². The molecule has 3 aromatic rings. The fourth-order valence-electron chi connectivity index (χ4n) is 2.55. The second-order valence-electron chi connectivity index (χ2n) is 5.25. The number of aryl methyl sites for hydroxylation is 2. The van der Waals surface area contributed by atoms with Gasteiger partial charge in [0.15, 0.2) is 11.5 Å². The highest BCUT2D eigenvalue weighted by Gasteiger charge is 2.14. The molecule has 102 valence electrons. The van der Waals surface area contributed by atoms with Crippen molar-refractivity contribution < 1.29 is 4.42 Å². The van der Waals surface area contributed by atoms with Crippen LogP contribution in [0, 0.1) is 13.8 Å². The summed E-state index contributed by atoms with van der Waals surface area (Å²) in [5, 5.41) is 0. The number of hydrogen-bond donors (Lipinski definition) is 1. The predicted molar refractivity (Wildman–Crippen MR) is 80.6 cm³/mol. The maximum Gasteiger partial charge on any atom is 0.197 e. The van der Waals surface area contributed by atoms with Crippen molar-refractivity contribution in [2.75, 3.05) is 0 Å². The number of nitrogens with zero attached hydrogens (tertiary/aromatic N) is 1. The second kappa shape index (κ2) is 5.10. The van der Waals surface area contributed by atoms with Gasteiger partial charge in [0.05, 0.1) is 0 Å². The third-order valence-electron chi connectivity index (χ3n) is 3.56. The van der Waals surface area contributed by atoms with Gasteiger partial charge in [0, 0.05) is 12.5 Å². The van der Waals surface area contributed by atoms with Crippen molar-refractivity contribution in [3.63, 3.8) is 0 Å². The monoisotopic (exact) mass is 266 g/mol. The molecule has 3 nitrogen and oxygen atoms in total. The minimum absolute atomic E-state index is 0.0938. The molecule has 3 rings (SSSR count). The van der Waals surface area contributed by atoms with Crippen LogP contribution in [-0.2, 0) is 6.42 Å². The Balaban J connectivity index is 1.86. The third kappa shape index (κ3) is 2.45. The van der Waals surface area contributed by atoms with Gasteiger partial charge in [0.1, 0.15) is 5.52 Å². The lowest BCUT2D eigenvalue weighted by Crippen LogP contribution is -2.14. The van der Waals surface area contributed by atoms with Gasteiger partial charge in [0.2, 0.25) is 0 Å². The summed E-state index contributed by atoms with van der Waals surface area (Å²) in [6.07, 6.45) is 0.610. The summed E-state index contributed by atoms with van der Waals surface area (Å²) in [5.74, 6) is 0.693. The maximum absolute atomic E-state index is 6.30. The van der Waals surface area contributed by atoms with E-state index in [1.807, 2.05) is 24.3 Å². The van der Waals surface area contributed by atoms with E-state index in [9.17, 15) is 0 Å². The van der Waals surface area contributed by atoms with Crippen molar-refractivity contribution in [1.29, 1.82) is 0 Å². The van der Waals surface area contributed by atoms with E-state index in [1.165, 1.54) is 11.1 Å². The van der Waals surface area contributed by atoms with Crippen LogP contribution < -0.4 is 5.73 Å². The lowest BCUT2D eigenvalue weighted by molar-refractivity contribution is 0.502. The van der Waals surface area contributed by atoms with Gasteiger partial charge >= 0.3 is 0 Å². The summed E-state index contributed by atoms with van der Waals surface area (Å²) in [4.78, 5) is 4.48. The average Bonchev–Trinajstić information content (AvgIpc) is 2.80. The molecular weight excluding hydrogens is 248 g/mol. The third-order valence-corrected chi connectivity index (χ3v) is 3.56. The summed E-state index contributed by atoms with van der Waals surface area (Å²) in [5.41, 5.74) is 11.6. The van der Waals surface area contributed by atoms with Crippen molar-refractivity contribution in [2.24, 2.45) is 5.73 Å². The SMILES string of the molecule is Cc1ccc(C(N)Cc2nc3ccccc3o2)c(C)c1. The number of fused-ring (bicyclic) bond motifs is 1. The van der Waals surface area contributed by atoms with Crippen LogP contribution in [0.15, 0.2) is 46.9 Å². The molecule has 1 aromatic heterocycles. The molecule has 20 heavy (non-hydrogen) atoms. The van der Waals surface area contributed by atoms with E-state index in [2.05, 4.69) is 37.0 Å². The molecule has 0 radical (unpaired) electrons. The van der Waals surface area contributed by atoms with Crippen LogP contribution in [0.4, 0.5) is 0 Å². The number of nitrogens with two attached hydrogens (primary N) is 1. The highest BCUT2D eigenvalue weighted by molar-refractivity contribution is 5.72. The predicted octanol–water partition coefficient (Wildman–Crippen LogP) is 3.69. The van der Waals surface area contributed by atoms with Crippen molar-refractivity contribution in [3.8, 4) is 0 Å². The molecule has 0 aliphatic carbocycles. The summed E-state index contributed by atoms with van der Waals surface area (Å²) in [6.45, 7) is 4.18. The molecule has 1 heterocycles. The minimum atomic E-state index is -0.0938. The van der Waals surface area contributed by atoms with Crippen LogP contribution in [0.2, 0.25) is 0 Å². The van der Waals surface area contributed by atoms with Gasteiger partial charge < -0.3 is 10.2 Å². The molecule has 0 bridgehead atoms. The van der Waals surface area contributed by atoms with Gasteiger partial charge in [-0.2, -0.15) is 0 Å². The zero-order valence-electron chi connectivity index (χ0n) is 11.8. The van der Waals surface area contributed by atoms with E-state index < -0.39 is 0 Å². The number of benzene rings is 2. The Morgan fingerprint density at radius 3 is 2.70 bits per heavy atom. The molecule has 0 aliphatic rings. The summed E-state index contributed by atoms with van der Waals surface area (Å²) >= 11 is 0. The molecule has 2 N–H and O–H groups in total. The minimum Gasteiger partial charge on any atom is -0.441 e. The highest BCUT2D eigenvalue weighted by Crippen LogP contribution is 2.22. The van der Waals surface area contributed by atoms with Crippen LogP contribution in [0.25, 0.3) is 11.1 Å². The molecule has 0 saturated heterocycles. The lowest BCUT2D eigenvalue weighted by Gasteiger charge is -2.13. The number of hydrogen-bond acceptors (Lipinski definition) is 3. The molecule has 0 spiro atoms. The van der Waals surface area contributed by atoms with E-state index in [-0.39, 0.29) is 6.04 Å². The fraction of sp³-hybridized carbons (Fsp3) is 0.235. The molecule has 0 saturated carbocycles. The quantitative estimate of drug-likeness (QED) is 0.786. The first-order chi connectivity index (χ1) is 9.63. The summed E-state index contributed by atoms with van der Waals surface area (Å²) in [6, 6.07) is 14.0. The van der Waals surface area contributed by atoms with Crippen molar-refractivity contribution in [3.05, 3.63) is 65.0 Å². The van der Waals surface area contributed by atoms with E-state index in [0.717, 1.165) is 16.7 Å². The number of para-hydroxylation sites is 2. The topological polar surface area (TPSA) is 52.0 Å². The highest BCUT2D eigenvalue weighted by atomic mass is 16.3. The van der Waals surface area contributed by atoms with Gasteiger partial charge in [0.25, 0.3) is 0 Å². The first kappa shape index (κ1) is 12.9. The Kier molecular flexibility index (Phi) is 3.28. The normalized spacial score (nSPS) is 12.8. The van der Waals surface area contributed by atoms with Crippen LogP contribution >= 0.6 is 0 Å². The maximum atomic E-state index is 6.30. The molecule has 3 heteroatoms. The number of rotatable bonds is 3. The summed E-state index contributed by atoms with van der Waals surface area (Å²) in [7, 11) is 0. The van der Waals surface area contributed by atoms with Crippen LogP contribution in [-0.4, -0.2) is 4.98 Å². The standard InChI is InChI=1S/C17H18N2O/c1-11-7-8-13(12(2)9-11)14(18)10-17-19-15-5-3-4-6-16(15)20-17/h3-9,14H,10,18H2,1-2H3. The first-order valence-electron chi connectivity index (χ1n) is 6.80. The van der Waals surface area contributed by atoms with Gasteiger partial charge in [-0.3, -0.25) is 0 Å². The molecule has 0 aliphatic heterocycles. The molecule has 0 amide bonds. The second-order valence-corrected chi connectivity index (χ2v) is 5.25. The molecular formula is C17H18N2O. The average molecular weight is 266 g/mol. The Hall–Kier alpha value is -2.13. The van der Waals surface area contributed by atoms with Gasteiger partial charge in [-0.15, -0.1) is 0 Å². The molecule has 2 aromatic carbocycles. The summed E-state index contributed by atoms with van der Waals surface area (Å²) < 4.78 is 5.73. The van der Waals surface area contributed by atoms with Crippen molar-refractivity contribution >= 4 is 11.1 Å². The lowest BCUT2D eigenvalue weighted by atomic mass is 9.98. The van der Waals surface area contributed by atoms with Crippen molar-refractivity contribution in [2.45, 2.75) is 26.3 Å². The van der Waals surface area contributed by atoms with Gasteiger partial charge in [-0.1, -0.05) is 35.9 Å². The zero-order valence-corrected chi connectivity index (χ0v) is 11.8. The van der Waals surface area contributed by atoms with Crippen molar-refractivity contribution in [1.82, 2.24) is 4.98 Å². The Morgan fingerprint density at radius 1 is 1.15 bits per heavy atom. The molecule has 0 fully saturated rings.